The monoisotopic (exact) mass is 374 g/mol. The van der Waals surface area contributed by atoms with Crippen molar-refractivity contribution in [3.8, 4) is 11.8 Å². The maximum Gasteiger partial charge on any atom is 0.234 e. The van der Waals surface area contributed by atoms with Gasteiger partial charge in [0.25, 0.3) is 0 Å². The number of nitrogens with one attached hydrogen (secondary N) is 2. The van der Waals surface area contributed by atoms with Crippen LogP contribution in [0.1, 0.15) is 19.3 Å². The topological polar surface area (TPSA) is 97.4 Å². The van der Waals surface area contributed by atoms with Crippen molar-refractivity contribution in [1.29, 1.82) is 0 Å². The Morgan fingerprint density at radius 1 is 1.26 bits per heavy atom. The Balaban J connectivity index is 1.30. The van der Waals surface area contributed by atoms with Gasteiger partial charge in [0, 0.05) is 31.7 Å². The molecule has 0 saturated carbocycles. The molecule has 2 aliphatic heterocycles. The van der Waals surface area contributed by atoms with Gasteiger partial charge in [-0.2, -0.15) is 4.98 Å². The van der Waals surface area contributed by atoms with Crippen LogP contribution >= 0.6 is 0 Å². The van der Waals surface area contributed by atoms with E-state index in [1.54, 1.807) is 12.4 Å². The molecule has 0 unspecified atom stereocenters. The first-order valence-corrected chi connectivity index (χ1v) is 9.45. The van der Waals surface area contributed by atoms with E-state index in [0.29, 0.717) is 35.9 Å². The molecule has 0 spiro atoms. The molecule has 2 fully saturated rings. The number of piperidine rings is 1. The number of nitrogens with zero attached hydrogens (tertiary/aromatic N) is 4. The zero-order chi connectivity index (χ0) is 18.5. The lowest BCUT2D eigenvalue weighted by atomic mass is 10.1. The Labute approximate surface area is 158 Å². The highest BCUT2D eigenvalue weighted by molar-refractivity contribution is 5.51. The summed E-state index contributed by atoms with van der Waals surface area (Å²) >= 11 is 0. The number of H-pyrrole nitrogens is 1. The molecule has 1 atom stereocenters. The van der Waals surface area contributed by atoms with Gasteiger partial charge in [-0.3, -0.25) is 10.1 Å². The van der Waals surface area contributed by atoms with Gasteiger partial charge in [-0.15, -0.1) is 5.10 Å². The molecule has 0 radical (unpaired) electrons. The molecule has 0 bridgehead atoms. The number of aromatic nitrogens is 4. The van der Waals surface area contributed by atoms with Crippen molar-refractivity contribution < 1.29 is 14.2 Å². The van der Waals surface area contributed by atoms with Crippen LogP contribution in [0.3, 0.4) is 0 Å². The van der Waals surface area contributed by atoms with Crippen molar-refractivity contribution in [3.63, 3.8) is 0 Å². The van der Waals surface area contributed by atoms with Crippen LogP contribution in [0.4, 0.5) is 11.6 Å². The molecule has 2 aromatic rings. The highest BCUT2D eigenvalue weighted by Crippen LogP contribution is 2.21. The fraction of sp³-hybridized carbons (Fsp3) is 0.611. The third-order valence-electron chi connectivity index (χ3n) is 4.87. The van der Waals surface area contributed by atoms with Gasteiger partial charge in [0.05, 0.1) is 25.6 Å². The van der Waals surface area contributed by atoms with Gasteiger partial charge in [0.15, 0.2) is 5.82 Å². The minimum absolute atomic E-state index is 0.192. The summed E-state index contributed by atoms with van der Waals surface area (Å²) < 4.78 is 17.0. The molecule has 0 aliphatic carbocycles. The summed E-state index contributed by atoms with van der Waals surface area (Å²) in [6.07, 6.45) is 6.53. The number of anilines is 2. The van der Waals surface area contributed by atoms with Crippen LogP contribution in [0, 0.1) is 5.92 Å². The fourth-order valence-corrected chi connectivity index (χ4v) is 3.24. The first kappa shape index (κ1) is 18.0. The summed E-state index contributed by atoms with van der Waals surface area (Å²) in [6, 6.07) is 1.81. The van der Waals surface area contributed by atoms with E-state index in [4.69, 9.17) is 14.2 Å². The van der Waals surface area contributed by atoms with Crippen molar-refractivity contribution >= 4 is 11.6 Å². The van der Waals surface area contributed by atoms with Crippen LogP contribution in [0.2, 0.25) is 0 Å². The van der Waals surface area contributed by atoms with Gasteiger partial charge in [0.2, 0.25) is 11.8 Å². The van der Waals surface area contributed by atoms with Crippen LogP contribution in [0.5, 0.6) is 11.8 Å². The summed E-state index contributed by atoms with van der Waals surface area (Å²) in [6.45, 7) is 4.27. The zero-order valence-electron chi connectivity index (χ0n) is 15.6. The molecule has 146 valence electrons. The second kappa shape index (κ2) is 8.53. The predicted octanol–water partition coefficient (Wildman–Crippen LogP) is 1.83. The zero-order valence-corrected chi connectivity index (χ0v) is 15.6. The molecule has 9 heteroatoms. The lowest BCUT2D eigenvalue weighted by Crippen LogP contribution is -2.35. The third-order valence-corrected chi connectivity index (χ3v) is 4.87. The summed E-state index contributed by atoms with van der Waals surface area (Å²) in [5.74, 6) is 2.82. The molecule has 0 amide bonds. The number of hydrogen-bond donors (Lipinski definition) is 2. The Morgan fingerprint density at radius 3 is 2.96 bits per heavy atom. The first-order chi connectivity index (χ1) is 13.2. The lowest BCUT2D eigenvalue weighted by Gasteiger charge is -2.28. The average molecular weight is 374 g/mol. The van der Waals surface area contributed by atoms with E-state index in [1.807, 2.05) is 6.07 Å². The molecule has 9 nitrogen and oxygen atoms in total. The fourth-order valence-electron chi connectivity index (χ4n) is 3.24. The van der Waals surface area contributed by atoms with Crippen LogP contribution in [0.25, 0.3) is 0 Å². The summed E-state index contributed by atoms with van der Waals surface area (Å²) in [5, 5.41) is 10.2. The van der Waals surface area contributed by atoms with Crippen molar-refractivity contribution in [2.45, 2.75) is 25.4 Å². The average Bonchev–Trinajstić information content (AvgIpc) is 3.34. The molecule has 4 heterocycles. The summed E-state index contributed by atoms with van der Waals surface area (Å²) in [7, 11) is 2.13. The Morgan fingerprint density at radius 2 is 2.15 bits per heavy atom. The van der Waals surface area contributed by atoms with Crippen LogP contribution in [-0.4, -0.2) is 71.1 Å². The Kier molecular flexibility index (Phi) is 5.69. The van der Waals surface area contributed by atoms with E-state index in [1.165, 1.54) is 0 Å². The maximum atomic E-state index is 5.98. The van der Waals surface area contributed by atoms with Crippen LogP contribution in [0.15, 0.2) is 18.5 Å². The predicted molar refractivity (Wildman–Crippen MR) is 99.5 cm³/mol. The number of likely N-dealkylation sites (tertiary alicyclic amines) is 1. The minimum atomic E-state index is 0.192. The van der Waals surface area contributed by atoms with E-state index in [0.717, 1.165) is 45.6 Å². The van der Waals surface area contributed by atoms with E-state index >= 15 is 0 Å². The number of ether oxygens (including phenoxy) is 3. The van der Waals surface area contributed by atoms with Crippen molar-refractivity contribution in [2.75, 3.05) is 45.3 Å². The third kappa shape index (κ3) is 5.08. The molecule has 2 saturated heterocycles. The van der Waals surface area contributed by atoms with Crippen LogP contribution < -0.4 is 14.8 Å². The quantitative estimate of drug-likeness (QED) is 0.758. The SMILES string of the molecule is CN1CCC(Oc2cncc(Nc3cc(OC[C@@H]4CCOC4)n[nH]3)n2)CC1. The van der Waals surface area contributed by atoms with Crippen molar-refractivity contribution in [2.24, 2.45) is 5.92 Å². The smallest absolute Gasteiger partial charge is 0.234 e. The Bertz CT molecular complexity index is 725. The molecule has 0 aromatic carbocycles. The standard InChI is InChI=1S/C18H26N6O3/c1-24-5-2-14(3-6-24)27-18-10-19-9-16(21-18)20-15-8-17(23-22-15)26-12-13-4-7-25-11-13/h8-10,13-14H,2-7,11-12H2,1H3,(H2,20,21,22,23)/t13-/m1/s1. The van der Waals surface area contributed by atoms with E-state index in [-0.39, 0.29) is 6.10 Å². The van der Waals surface area contributed by atoms with Gasteiger partial charge in [-0.25, -0.2) is 0 Å². The van der Waals surface area contributed by atoms with E-state index in [9.17, 15) is 0 Å². The molecule has 4 rings (SSSR count). The molecule has 2 N–H and O–H groups in total. The lowest BCUT2D eigenvalue weighted by molar-refractivity contribution is 0.110. The second-order valence-electron chi connectivity index (χ2n) is 7.15. The number of rotatable bonds is 7. The number of hydrogen-bond acceptors (Lipinski definition) is 8. The molecular weight excluding hydrogens is 348 g/mol. The van der Waals surface area contributed by atoms with Gasteiger partial charge in [-0.05, 0) is 26.3 Å². The summed E-state index contributed by atoms with van der Waals surface area (Å²) in [5.41, 5.74) is 0. The van der Waals surface area contributed by atoms with Gasteiger partial charge in [0.1, 0.15) is 11.9 Å². The molecule has 2 aromatic heterocycles. The molecule has 27 heavy (non-hydrogen) atoms. The van der Waals surface area contributed by atoms with Gasteiger partial charge in [-0.1, -0.05) is 0 Å². The van der Waals surface area contributed by atoms with E-state index < -0.39 is 0 Å². The second-order valence-corrected chi connectivity index (χ2v) is 7.15. The Hall–Kier alpha value is -2.39. The largest absolute Gasteiger partial charge is 0.476 e. The summed E-state index contributed by atoms with van der Waals surface area (Å²) in [4.78, 5) is 11.0. The normalized spacial score (nSPS) is 21.3. The highest BCUT2D eigenvalue weighted by Gasteiger charge is 2.19. The van der Waals surface area contributed by atoms with Gasteiger partial charge < -0.3 is 24.4 Å². The molecule has 2 aliphatic rings. The van der Waals surface area contributed by atoms with Crippen molar-refractivity contribution in [3.05, 3.63) is 18.5 Å². The van der Waals surface area contributed by atoms with Crippen LogP contribution in [-0.2, 0) is 4.74 Å². The number of aromatic amines is 1. The first-order valence-electron chi connectivity index (χ1n) is 9.45. The maximum absolute atomic E-state index is 5.98. The highest BCUT2D eigenvalue weighted by atomic mass is 16.5. The minimum Gasteiger partial charge on any atom is -0.476 e. The van der Waals surface area contributed by atoms with Gasteiger partial charge >= 0.3 is 0 Å². The van der Waals surface area contributed by atoms with Crippen molar-refractivity contribution in [1.82, 2.24) is 25.1 Å². The molecular formula is C18H26N6O3. The van der Waals surface area contributed by atoms with E-state index in [2.05, 4.69) is 37.4 Å².